The Morgan fingerprint density at radius 2 is 2.03 bits per heavy atom. The lowest BCUT2D eigenvalue weighted by molar-refractivity contribution is 0.0489. The molecule has 30 heavy (non-hydrogen) atoms. The van der Waals surface area contributed by atoms with Crippen LogP contribution < -0.4 is 5.73 Å². The molecule has 2 aromatic heterocycles. The predicted molar refractivity (Wildman–Crippen MR) is 101 cm³/mol. The van der Waals surface area contributed by atoms with Crippen LogP contribution in [0.3, 0.4) is 0 Å². The summed E-state index contributed by atoms with van der Waals surface area (Å²) in [5, 5.41) is 3.70. The first kappa shape index (κ1) is 19.9. The van der Waals surface area contributed by atoms with Gasteiger partial charge >= 0.3 is 5.97 Å². The van der Waals surface area contributed by atoms with Crippen molar-refractivity contribution in [2.45, 2.75) is 31.7 Å². The Hall–Kier alpha value is -3.43. The van der Waals surface area contributed by atoms with Crippen molar-refractivity contribution in [3.8, 4) is 0 Å². The molecule has 156 valence electrons. The highest BCUT2D eigenvalue weighted by Crippen LogP contribution is 2.31. The van der Waals surface area contributed by atoms with Crippen LogP contribution in [0.2, 0.25) is 0 Å². The number of nitrogens with two attached hydrogens (primary N) is 1. The summed E-state index contributed by atoms with van der Waals surface area (Å²) in [7, 11) is 0. The number of aromatic nitrogens is 2. The van der Waals surface area contributed by atoms with Gasteiger partial charge in [-0.2, -0.15) is 4.39 Å². The maximum absolute atomic E-state index is 13.5. The van der Waals surface area contributed by atoms with Crippen molar-refractivity contribution in [3.63, 3.8) is 0 Å². The average Bonchev–Trinajstić information content (AvgIpc) is 2.88. The fourth-order valence-corrected chi connectivity index (χ4v) is 3.87. The molecule has 0 spiro atoms. The molecule has 2 N–H and O–H groups in total. The van der Waals surface area contributed by atoms with Gasteiger partial charge < -0.3 is 15.5 Å². The highest BCUT2D eigenvalue weighted by molar-refractivity contribution is 5.96. The van der Waals surface area contributed by atoms with Gasteiger partial charge in [0, 0.05) is 24.7 Å². The van der Waals surface area contributed by atoms with Crippen LogP contribution in [0, 0.1) is 17.7 Å². The standard InChI is InChI=1S/C20H19F2N5O3/c21-13-3-6-16(24-8-13)20(29)30-26-18(23)12-2-5-14-4-1-11-7-17(22)25-9-15(11)19(28)27(14)10-12/h3,6-9,12,14H,1-2,4-5,10H2,(H2,23,26)/t12-,14-/m0/s1. The van der Waals surface area contributed by atoms with E-state index in [4.69, 9.17) is 10.6 Å². The number of halogens is 2. The minimum atomic E-state index is -0.862. The molecule has 1 amide bonds. The van der Waals surface area contributed by atoms with E-state index in [-0.39, 0.29) is 29.4 Å². The first-order valence-electron chi connectivity index (χ1n) is 9.54. The molecule has 1 fully saturated rings. The summed E-state index contributed by atoms with van der Waals surface area (Å²) in [6.07, 6.45) is 4.85. The first-order chi connectivity index (χ1) is 14.4. The number of amides is 1. The first-order valence-corrected chi connectivity index (χ1v) is 9.54. The third-order valence-electron chi connectivity index (χ3n) is 5.49. The zero-order chi connectivity index (χ0) is 21.3. The van der Waals surface area contributed by atoms with E-state index < -0.39 is 17.7 Å². The lowest BCUT2D eigenvalue weighted by Gasteiger charge is -2.38. The smallest absolute Gasteiger partial charge is 0.383 e. The van der Waals surface area contributed by atoms with Crippen molar-refractivity contribution < 1.29 is 23.2 Å². The summed E-state index contributed by atoms with van der Waals surface area (Å²) in [6, 6.07) is 3.59. The van der Waals surface area contributed by atoms with Gasteiger partial charge in [0.05, 0.1) is 11.8 Å². The van der Waals surface area contributed by atoms with Crippen molar-refractivity contribution in [2.24, 2.45) is 16.8 Å². The van der Waals surface area contributed by atoms with Crippen LogP contribution >= 0.6 is 0 Å². The van der Waals surface area contributed by atoms with E-state index in [9.17, 15) is 18.4 Å². The lowest BCUT2D eigenvalue weighted by atomic mass is 9.90. The molecule has 4 rings (SSSR count). The molecule has 2 aromatic rings. The average molecular weight is 415 g/mol. The van der Waals surface area contributed by atoms with E-state index in [1.54, 1.807) is 4.90 Å². The summed E-state index contributed by atoms with van der Waals surface area (Å²) < 4.78 is 26.4. The Kier molecular flexibility index (Phi) is 5.39. The molecular formula is C20H19F2N5O3. The van der Waals surface area contributed by atoms with Gasteiger partial charge in [-0.05, 0) is 49.4 Å². The SMILES string of the molecule is NC(=NOC(=O)c1ccc(F)cn1)[C@H]1CC[C@@H]2CCc3cc(F)ncc3C(=O)N2C1. The highest BCUT2D eigenvalue weighted by Gasteiger charge is 2.36. The molecule has 10 heteroatoms. The van der Waals surface area contributed by atoms with Crippen LogP contribution in [0.4, 0.5) is 8.78 Å². The zero-order valence-corrected chi connectivity index (χ0v) is 15.9. The summed E-state index contributed by atoms with van der Waals surface area (Å²) in [5.74, 6) is -2.47. The molecule has 0 aliphatic carbocycles. The van der Waals surface area contributed by atoms with Crippen LogP contribution in [0.5, 0.6) is 0 Å². The summed E-state index contributed by atoms with van der Waals surface area (Å²) in [6.45, 7) is 0.308. The molecule has 0 aromatic carbocycles. The summed E-state index contributed by atoms with van der Waals surface area (Å²) in [4.78, 5) is 38.7. The quantitative estimate of drug-likeness (QED) is 0.270. The Morgan fingerprint density at radius 3 is 2.80 bits per heavy atom. The number of pyridine rings is 2. The number of nitrogens with zero attached hydrogens (tertiary/aromatic N) is 4. The molecule has 0 bridgehead atoms. The number of carbonyl (C=O) groups excluding carboxylic acids is 2. The topological polar surface area (TPSA) is 111 Å². The van der Waals surface area contributed by atoms with E-state index in [1.165, 1.54) is 18.3 Å². The lowest BCUT2D eigenvalue weighted by Crippen LogP contribution is -2.49. The van der Waals surface area contributed by atoms with E-state index in [0.29, 0.717) is 36.9 Å². The maximum Gasteiger partial charge on any atom is 0.383 e. The van der Waals surface area contributed by atoms with E-state index >= 15 is 0 Å². The zero-order valence-electron chi connectivity index (χ0n) is 15.9. The fraction of sp³-hybridized carbons (Fsp3) is 0.350. The minimum Gasteiger partial charge on any atom is -0.384 e. The van der Waals surface area contributed by atoms with Crippen molar-refractivity contribution in [3.05, 3.63) is 59.2 Å². The molecule has 0 unspecified atom stereocenters. The van der Waals surface area contributed by atoms with Gasteiger partial charge in [-0.1, -0.05) is 5.16 Å². The Morgan fingerprint density at radius 1 is 1.20 bits per heavy atom. The van der Waals surface area contributed by atoms with Gasteiger partial charge in [-0.25, -0.2) is 19.2 Å². The molecular weight excluding hydrogens is 396 g/mol. The molecule has 4 heterocycles. The summed E-state index contributed by atoms with van der Waals surface area (Å²) in [5.41, 5.74) is 6.96. The number of hydrogen-bond acceptors (Lipinski definition) is 6. The fourth-order valence-electron chi connectivity index (χ4n) is 3.87. The number of piperidine rings is 1. The molecule has 0 saturated carbocycles. The van der Waals surface area contributed by atoms with Crippen LogP contribution in [-0.2, 0) is 11.3 Å². The van der Waals surface area contributed by atoms with Crippen molar-refractivity contribution >= 4 is 17.7 Å². The molecule has 2 atom stereocenters. The molecule has 1 saturated heterocycles. The second-order valence-corrected chi connectivity index (χ2v) is 7.35. The normalized spacial score (nSPS) is 21.5. The van der Waals surface area contributed by atoms with Gasteiger partial charge in [-0.15, -0.1) is 0 Å². The second kappa shape index (κ2) is 8.13. The Balaban J connectivity index is 1.46. The number of fused-ring (bicyclic) bond motifs is 2. The van der Waals surface area contributed by atoms with E-state index in [2.05, 4.69) is 15.1 Å². The molecule has 2 aliphatic heterocycles. The highest BCUT2D eigenvalue weighted by atomic mass is 19.1. The number of amidine groups is 1. The van der Waals surface area contributed by atoms with Crippen LogP contribution in [0.15, 0.2) is 35.7 Å². The van der Waals surface area contributed by atoms with Crippen molar-refractivity contribution in [2.75, 3.05) is 6.54 Å². The van der Waals surface area contributed by atoms with Crippen molar-refractivity contribution in [1.82, 2.24) is 14.9 Å². The van der Waals surface area contributed by atoms with Crippen LogP contribution in [0.25, 0.3) is 0 Å². The van der Waals surface area contributed by atoms with E-state index in [0.717, 1.165) is 18.7 Å². The van der Waals surface area contributed by atoms with Gasteiger partial charge in [0.1, 0.15) is 11.7 Å². The maximum atomic E-state index is 13.5. The van der Waals surface area contributed by atoms with Gasteiger partial charge in [0.2, 0.25) is 5.95 Å². The number of hydrogen-bond donors (Lipinski definition) is 1. The number of rotatable bonds is 3. The third-order valence-corrected chi connectivity index (χ3v) is 5.49. The predicted octanol–water partition coefficient (Wildman–Crippen LogP) is 2.05. The largest absolute Gasteiger partial charge is 0.384 e. The molecule has 8 nitrogen and oxygen atoms in total. The molecule has 2 aliphatic rings. The Bertz CT molecular complexity index is 1010. The number of oxime groups is 1. The van der Waals surface area contributed by atoms with Crippen LogP contribution in [0.1, 0.15) is 45.7 Å². The van der Waals surface area contributed by atoms with Crippen molar-refractivity contribution in [1.29, 1.82) is 0 Å². The monoisotopic (exact) mass is 415 g/mol. The van der Waals surface area contributed by atoms with Gasteiger partial charge in [-0.3, -0.25) is 4.79 Å². The van der Waals surface area contributed by atoms with Crippen LogP contribution in [-0.4, -0.2) is 45.2 Å². The van der Waals surface area contributed by atoms with Gasteiger partial charge in [0.15, 0.2) is 5.69 Å². The van der Waals surface area contributed by atoms with E-state index in [1.807, 2.05) is 0 Å². The third kappa shape index (κ3) is 3.98. The minimum absolute atomic E-state index is 0.0166. The number of carbonyl (C=O) groups is 2. The Labute approximate surface area is 170 Å². The molecule has 0 radical (unpaired) electrons. The number of aryl methyl sites for hydroxylation is 1. The second-order valence-electron chi connectivity index (χ2n) is 7.35. The van der Waals surface area contributed by atoms with Gasteiger partial charge in [0.25, 0.3) is 5.91 Å². The summed E-state index contributed by atoms with van der Waals surface area (Å²) >= 11 is 0.